The van der Waals surface area contributed by atoms with Crippen LogP contribution in [0.4, 0.5) is 5.69 Å². The minimum absolute atomic E-state index is 0.0147. The predicted octanol–water partition coefficient (Wildman–Crippen LogP) is 2.60. The minimum atomic E-state index is -0.0147. The van der Waals surface area contributed by atoms with Gasteiger partial charge in [0.25, 0.3) is 0 Å². The highest BCUT2D eigenvalue weighted by atomic mass is 35.5. The zero-order valence-electron chi connectivity index (χ0n) is 11.5. The highest BCUT2D eigenvalue weighted by Crippen LogP contribution is 2.19. The molecule has 2 N–H and O–H groups in total. The summed E-state index contributed by atoms with van der Waals surface area (Å²) in [4.78, 5) is 11.7. The molecule has 0 spiro atoms. The molecule has 0 heterocycles. The standard InChI is InChI=1S/C14H21ClN2O2/c1-11-4-5-12(10-13(11)15)17-14(18)6-8-16-7-3-9-19-2/h4-5,10,16H,3,6-9H2,1-2H3,(H,17,18). The molecule has 0 saturated carbocycles. The van der Waals surface area contributed by atoms with Gasteiger partial charge in [0, 0.05) is 37.4 Å². The van der Waals surface area contributed by atoms with Crippen LogP contribution in [0.25, 0.3) is 0 Å². The Labute approximate surface area is 119 Å². The molecule has 1 rings (SSSR count). The molecule has 1 amide bonds. The Morgan fingerprint density at radius 1 is 1.37 bits per heavy atom. The zero-order chi connectivity index (χ0) is 14.1. The fourth-order valence-corrected chi connectivity index (χ4v) is 1.74. The maximum absolute atomic E-state index is 11.7. The molecule has 1 aromatic carbocycles. The molecule has 0 atom stereocenters. The third-order valence-corrected chi connectivity index (χ3v) is 3.09. The summed E-state index contributed by atoms with van der Waals surface area (Å²) >= 11 is 6.00. The monoisotopic (exact) mass is 284 g/mol. The third-order valence-electron chi connectivity index (χ3n) is 2.69. The van der Waals surface area contributed by atoms with Crippen molar-refractivity contribution in [2.75, 3.05) is 32.1 Å². The van der Waals surface area contributed by atoms with Gasteiger partial charge in [-0.25, -0.2) is 0 Å². The number of aryl methyl sites for hydroxylation is 1. The number of benzene rings is 1. The summed E-state index contributed by atoms with van der Waals surface area (Å²) in [5.41, 5.74) is 1.74. The molecule has 1 aromatic rings. The van der Waals surface area contributed by atoms with Gasteiger partial charge >= 0.3 is 0 Å². The molecule has 0 saturated heterocycles. The van der Waals surface area contributed by atoms with Crippen LogP contribution in [0.3, 0.4) is 0 Å². The van der Waals surface area contributed by atoms with Gasteiger partial charge in [-0.1, -0.05) is 17.7 Å². The van der Waals surface area contributed by atoms with Crippen LogP contribution in [0.1, 0.15) is 18.4 Å². The lowest BCUT2D eigenvalue weighted by Crippen LogP contribution is -2.23. The van der Waals surface area contributed by atoms with Crippen LogP contribution in [-0.4, -0.2) is 32.7 Å². The van der Waals surface area contributed by atoms with Crippen molar-refractivity contribution in [3.8, 4) is 0 Å². The second kappa shape index (κ2) is 8.91. The van der Waals surface area contributed by atoms with Gasteiger partial charge in [-0.2, -0.15) is 0 Å². The summed E-state index contributed by atoms with van der Waals surface area (Å²) in [6.07, 6.45) is 1.39. The molecule has 0 aliphatic heterocycles. The second-order valence-corrected chi connectivity index (χ2v) is 4.77. The van der Waals surface area contributed by atoms with Crippen molar-refractivity contribution in [3.63, 3.8) is 0 Å². The van der Waals surface area contributed by atoms with Crippen molar-refractivity contribution < 1.29 is 9.53 Å². The molecule has 0 fully saturated rings. The van der Waals surface area contributed by atoms with E-state index in [-0.39, 0.29) is 5.91 Å². The molecular weight excluding hydrogens is 264 g/mol. The van der Waals surface area contributed by atoms with Gasteiger partial charge in [0.05, 0.1) is 0 Å². The van der Waals surface area contributed by atoms with Gasteiger partial charge in [-0.15, -0.1) is 0 Å². The minimum Gasteiger partial charge on any atom is -0.385 e. The van der Waals surface area contributed by atoms with E-state index in [0.717, 1.165) is 30.8 Å². The fourth-order valence-electron chi connectivity index (χ4n) is 1.56. The maximum Gasteiger partial charge on any atom is 0.225 e. The van der Waals surface area contributed by atoms with Crippen LogP contribution in [0.2, 0.25) is 5.02 Å². The summed E-state index contributed by atoms with van der Waals surface area (Å²) < 4.78 is 4.94. The van der Waals surface area contributed by atoms with Gasteiger partial charge in [-0.05, 0) is 37.6 Å². The molecular formula is C14H21ClN2O2. The van der Waals surface area contributed by atoms with E-state index in [4.69, 9.17) is 16.3 Å². The Bertz CT molecular complexity index is 410. The van der Waals surface area contributed by atoms with E-state index in [1.807, 2.05) is 19.1 Å². The van der Waals surface area contributed by atoms with E-state index in [1.54, 1.807) is 13.2 Å². The zero-order valence-corrected chi connectivity index (χ0v) is 12.2. The number of methoxy groups -OCH3 is 1. The number of amides is 1. The Kier molecular flexibility index (Phi) is 7.48. The first-order chi connectivity index (χ1) is 9.13. The first kappa shape index (κ1) is 16.0. The first-order valence-corrected chi connectivity index (χ1v) is 6.77. The Hall–Kier alpha value is -1.10. The lowest BCUT2D eigenvalue weighted by molar-refractivity contribution is -0.116. The fraction of sp³-hybridized carbons (Fsp3) is 0.500. The lowest BCUT2D eigenvalue weighted by Gasteiger charge is -2.07. The van der Waals surface area contributed by atoms with Gasteiger partial charge < -0.3 is 15.4 Å². The molecule has 5 heteroatoms. The first-order valence-electron chi connectivity index (χ1n) is 6.39. The Morgan fingerprint density at radius 3 is 2.84 bits per heavy atom. The van der Waals surface area contributed by atoms with Crippen molar-refractivity contribution in [2.45, 2.75) is 19.8 Å². The summed E-state index contributed by atoms with van der Waals surface area (Å²) in [5, 5.41) is 6.68. The number of carbonyl (C=O) groups is 1. The molecule has 0 aromatic heterocycles. The van der Waals surface area contributed by atoms with Crippen LogP contribution in [0, 0.1) is 6.92 Å². The van der Waals surface area contributed by atoms with Crippen molar-refractivity contribution in [3.05, 3.63) is 28.8 Å². The van der Waals surface area contributed by atoms with Crippen LogP contribution >= 0.6 is 11.6 Å². The van der Waals surface area contributed by atoms with E-state index in [2.05, 4.69) is 10.6 Å². The van der Waals surface area contributed by atoms with Crippen molar-refractivity contribution >= 4 is 23.2 Å². The number of ether oxygens (including phenoxy) is 1. The average Bonchev–Trinajstić information content (AvgIpc) is 2.38. The molecule has 4 nitrogen and oxygen atoms in total. The normalized spacial score (nSPS) is 10.5. The molecule has 0 unspecified atom stereocenters. The van der Waals surface area contributed by atoms with E-state index < -0.39 is 0 Å². The van der Waals surface area contributed by atoms with E-state index in [9.17, 15) is 4.79 Å². The number of hydrogen-bond donors (Lipinski definition) is 2. The Balaban J connectivity index is 2.21. The largest absolute Gasteiger partial charge is 0.385 e. The number of nitrogens with one attached hydrogen (secondary N) is 2. The molecule has 19 heavy (non-hydrogen) atoms. The molecule has 106 valence electrons. The number of anilines is 1. The smallest absolute Gasteiger partial charge is 0.225 e. The number of halogens is 1. The molecule has 0 aliphatic carbocycles. The summed E-state index contributed by atoms with van der Waals surface area (Å²) in [6.45, 7) is 4.19. The Morgan fingerprint density at radius 2 is 2.16 bits per heavy atom. The van der Waals surface area contributed by atoms with E-state index in [0.29, 0.717) is 18.0 Å². The lowest BCUT2D eigenvalue weighted by atomic mass is 10.2. The summed E-state index contributed by atoms with van der Waals surface area (Å²) in [6, 6.07) is 5.51. The van der Waals surface area contributed by atoms with Gasteiger partial charge in [0.1, 0.15) is 0 Å². The molecule has 0 bridgehead atoms. The number of hydrogen-bond acceptors (Lipinski definition) is 3. The number of carbonyl (C=O) groups excluding carboxylic acids is 1. The van der Waals surface area contributed by atoms with Crippen LogP contribution < -0.4 is 10.6 Å². The summed E-state index contributed by atoms with van der Waals surface area (Å²) in [5.74, 6) is -0.0147. The van der Waals surface area contributed by atoms with Crippen molar-refractivity contribution in [1.82, 2.24) is 5.32 Å². The highest BCUT2D eigenvalue weighted by Gasteiger charge is 2.03. The molecule has 0 aliphatic rings. The SMILES string of the molecule is COCCCNCCC(=O)Nc1ccc(C)c(Cl)c1. The summed E-state index contributed by atoms with van der Waals surface area (Å²) in [7, 11) is 1.68. The second-order valence-electron chi connectivity index (χ2n) is 4.36. The average molecular weight is 285 g/mol. The van der Waals surface area contributed by atoms with E-state index >= 15 is 0 Å². The topological polar surface area (TPSA) is 50.4 Å². The van der Waals surface area contributed by atoms with Crippen LogP contribution in [-0.2, 0) is 9.53 Å². The van der Waals surface area contributed by atoms with Gasteiger partial charge in [0.15, 0.2) is 0 Å². The van der Waals surface area contributed by atoms with Crippen LogP contribution in [0.15, 0.2) is 18.2 Å². The van der Waals surface area contributed by atoms with E-state index in [1.165, 1.54) is 0 Å². The van der Waals surface area contributed by atoms with Gasteiger partial charge in [-0.3, -0.25) is 4.79 Å². The van der Waals surface area contributed by atoms with Gasteiger partial charge in [0.2, 0.25) is 5.91 Å². The van der Waals surface area contributed by atoms with Crippen molar-refractivity contribution in [2.24, 2.45) is 0 Å². The molecule has 0 radical (unpaired) electrons. The van der Waals surface area contributed by atoms with Crippen LogP contribution in [0.5, 0.6) is 0 Å². The van der Waals surface area contributed by atoms with Crippen molar-refractivity contribution in [1.29, 1.82) is 0 Å². The third kappa shape index (κ3) is 6.57. The predicted molar refractivity (Wildman–Crippen MR) is 78.8 cm³/mol. The quantitative estimate of drug-likeness (QED) is 0.722. The maximum atomic E-state index is 11.7. The number of rotatable bonds is 8. The highest BCUT2D eigenvalue weighted by molar-refractivity contribution is 6.31.